The predicted molar refractivity (Wildman–Crippen MR) is 39.4 cm³/mol. The minimum absolute atomic E-state index is 0.392. The van der Waals surface area contributed by atoms with Crippen molar-refractivity contribution in [3.63, 3.8) is 0 Å². The number of nitrogens with two attached hydrogens (primary N) is 2. The number of aliphatic hydroxyl groups excluding tert-OH is 2. The van der Waals surface area contributed by atoms with E-state index in [1.54, 1.807) is 0 Å². The molecule has 0 rings (SSSR count). The second-order valence-electron chi connectivity index (χ2n) is 2.29. The van der Waals surface area contributed by atoms with Gasteiger partial charge >= 0.3 is 0 Å². The average molecular weight is 148 g/mol. The zero-order valence-electron chi connectivity index (χ0n) is 6.03. The quantitative estimate of drug-likeness (QED) is 0.378. The third kappa shape index (κ3) is 3.79. The standard InChI is InChI=1S/C6H16N2O2/c7-3-1-5(9)6(10)2-4-8/h5-6,9-10H,1-4,7-8H2. The fraction of sp³-hybridized carbons (Fsp3) is 1.00. The van der Waals surface area contributed by atoms with Crippen molar-refractivity contribution >= 4 is 0 Å². The van der Waals surface area contributed by atoms with Crippen molar-refractivity contribution < 1.29 is 10.2 Å². The summed E-state index contributed by atoms with van der Waals surface area (Å²) < 4.78 is 0. The van der Waals surface area contributed by atoms with E-state index >= 15 is 0 Å². The third-order valence-corrected chi connectivity index (χ3v) is 1.37. The molecule has 0 aliphatic heterocycles. The van der Waals surface area contributed by atoms with Gasteiger partial charge in [0.15, 0.2) is 0 Å². The van der Waals surface area contributed by atoms with Gasteiger partial charge in [0.25, 0.3) is 0 Å². The van der Waals surface area contributed by atoms with Crippen LogP contribution < -0.4 is 11.5 Å². The first-order valence-electron chi connectivity index (χ1n) is 3.48. The molecule has 0 radical (unpaired) electrons. The molecule has 0 aliphatic rings. The highest BCUT2D eigenvalue weighted by molar-refractivity contribution is 4.67. The Morgan fingerprint density at radius 2 is 1.20 bits per heavy atom. The Bertz CT molecular complexity index is 70.1. The number of hydrogen-bond donors (Lipinski definition) is 4. The first-order chi connectivity index (χ1) is 4.72. The molecule has 2 unspecified atom stereocenters. The Hall–Kier alpha value is -0.160. The maximum absolute atomic E-state index is 9.06. The summed E-state index contributed by atoms with van der Waals surface area (Å²) in [5.41, 5.74) is 10.3. The van der Waals surface area contributed by atoms with Gasteiger partial charge in [-0.05, 0) is 25.9 Å². The van der Waals surface area contributed by atoms with Crippen molar-refractivity contribution in [3.05, 3.63) is 0 Å². The highest BCUT2D eigenvalue weighted by Crippen LogP contribution is 2.00. The van der Waals surface area contributed by atoms with Gasteiger partial charge in [-0.2, -0.15) is 0 Å². The van der Waals surface area contributed by atoms with Crippen LogP contribution in [0.5, 0.6) is 0 Å². The molecule has 0 bridgehead atoms. The highest BCUT2D eigenvalue weighted by atomic mass is 16.3. The zero-order valence-corrected chi connectivity index (χ0v) is 6.03. The summed E-state index contributed by atoms with van der Waals surface area (Å²) in [6.45, 7) is 0.783. The van der Waals surface area contributed by atoms with Crippen molar-refractivity contribution in [3.8, 4) is 0 Å². The molecule has 2 atom stereocenters. The lowest BCUT2D eigenvalue weighted by Crippen LogP contribution is -2.30. The van der Waals surface area contributed by atoms with Crippen molar-refractivity contribution in [1.29, 1.82) is 0 Å². The summed E-state index contributed by atoms with van der Waals surface area (Å²) in [6, 6.07) is 0. The van der Waals surface area contributed by atoms with E-state index in [2.05, 4.69) is 0 Å². The Kier molecular flexibility index (Phi) is 5.52. The Morgan fingerprint density at radius 3 is 1.40 bits per heavy atom. The summed E-state index contributed by atoms with van der Waals surface area (Å²) >= 11 is 0. The van der Waals surface area contributed by atoms with Crippen LogP contribution in [0.4, 0.5) is 0 Å². The molecule has 6 N–H and O–H groups in total. The predicted octanol–water partition coefficient (Wildman–Crippen LogP) is -1.59. The summed E-state index contributed by atoms with van der Waals surface area (Å²) in [4.78, 5) is 0. The first kappa shape index (κ1) is 9.84. The van der Waals surface area contributed by atoms with Crippen LogP contribution in [0.25, 0.3) is 0 Å². The summed E-state index contributed by atoms with van der Waals surface area (Å²) in [5, 5.41) is 18.1. The van der Waals surface area contributed by atoms with Gasteiger partial charge in [-0.15, -0.1) is 0 Å². The van der Waals surface area contributed by atoms with Gasteiger partial charge in [-0.3, -0.25) is 0 Å². The molecule has 0 aromatic rings. The van der Waals surface area contributed by atoms with Crippen molar-refractivity contribution in [2.24, 2.45) is 11.5 Å². The van der Waals surface area contributed by atoms with Crippen LogP contribution in [0.2, 0.25) is 0 Å². The Labute approximate surface area is 60.8 Å². The Balaban J connectivity index is 3.38. The van der Waals surface area contributed by atoms with Crippen LogP contribution in [0.3, 0.4) is 0 Å². The van der Waals surface area contributed by atoms with Crippen LogP contribution in [0.15, 0.2) is 0 Å². The minimum Gasteiger partial charge on any atom is -0.390 e. The fourth-order valence-electron chi connectivity index (χ4n) is 0.726. The van der Waals surface area contributed by atoms with Gasteiger partial charge in [0.05, 0.1) is 12.2 Å². The lowest BCUT2D eigenvalue weighted by molar-refractivity contribution is 0.0129. The van der Waals surface area contributed by atoms with E-state index in [0.29, 0.717) is 25.9 Å². The van der Waals surface area contributed by atoms with Crippen LogP contribution in [0, 0.1) is 0 Å². The van der Waals surface area contributed by atoms with Gasteiger partial charge in [-0.25, -0.2) is 0 Å². The fourth-order valence-corrected chi connectivity index (χ4v) is 0.726. The largest absolute Gasteiger partial charge is 0.390 e. The minimum atomic E-state index is -0.714. The van der Waals surface area contributed by atoms with Crippen molar-refractivity contribution in [2.45, 2.75) is 25.0 Å². The van der Waals surface area contributed by atoms with Crippen molar-refractivity contribution in [2.75, 3.05) is 13.1 Å². The van der Waals surface area contributed by atoms with Crippen molar-refractivity contribution in [1.82, 2.24) is 0 Å². The molecule has 4 heteroatoms. The van der Waals surface area contributed by atoms with Crippen LogP contribution in [-0.2, 0) is 0 Å². The zero-order chi connectivity index (χ0) is 7.98. The molecule has 0 aromatic heterocycles. The van der Waals surface area contributed by atoms with E-state index in [-0.39, 0.29) is 0 Å². The van der Waals surface area contributed by atoms with E-state index in [0.717, 1.165) is 0 Å². The Morgan fingerprint density at radius 1 is 0.900 bits per heavy atom. The van der Waals surface area contributed by atoms with Gasteiger partial charge in [0.1, 0.15) is 0 Å². The van der Waals surface area contributed by atoms with E-state index in [4.69, 9.17) is 21.7 Å². The SMILES string of the molecule is NCCC(O)C(O)CCN. The van der Waals surface area contributed by atoms with Gasteiger partial charge in [-0.1, -0.05) is 0 Å². The molecule has 0 heterocycles. The molecule has 10 heavy (non-hydrogen) atoms. The summed E-state index contributed by atoms with van der Waals surface area (Å²) in [7, 11) is 0. The normalized spacial score (nSPS) is 16.8. The molecule has 0 saturated carbocycles. The number of aliphatic hydroxyl groups is 2. The maximum Gasteiger partial charge on any atom is 0.0811 e. The topological polar surface area (TPSA) is 92.5 Å². The van der Waals surface area contributed by atoms with Gasteiger partial charge < -0.3 is 21.7 Å². The number of hydrogen-bond acceptors (Lipinski definition) is 4. The molecule has 0 aliphatic carbocycles. The summed E-state index contributed by atoms with van der Waals surface area (Å²) in [6.07, 6.45) is -0.565. The van der Waals surface area contributed by atoms with Crippen LogP contribution >= 0.6 is 0 Å². The smallest absolute Gasteiger partial charge is 0.0811 e. The first-order valence-corrected chi connectivity index (χ1v) is 3.48. The molecule has 0 amide bonds. The molecule has 0 saturated heterocycles. The molecule has 62 valence electrons. The second-order valence-corrected chi connectivity index (χ2v) is 2.29. The second kappa shape index (κ2) is 5.61. The molecule has 0 fully saturated rings. The van der Waals surface area contributed by atoms with E-state index in [9.17, 15) is 0 Å². The summed E-state index contributed by atoms with van der Waals surface area (Å²) in [5.74, 6) is 0. The lowest BCUT2D eigenvalue weighted by Gasteiger charge is -2.15. The molecule has 4 nitrogen and oxygen atoms in total. The lowest BCUT2D eigenvalue weighted by atomic mass is 10.1. The van der Waals surface area contributed by atoms with E-state index < -0.39 is 12.2 Å². The molecular formula is C6H16N2O2. The molecule has 0 aromatic carbocycles. The average Bonchev–Trinajstić information content (AvgIpc) is 1.89. The van der Waals surface area contributed by atoms with Gasteiger partial charge in [0.2, 0.25) is 0 Å². The number of rotatable bonds is 5. The molecular weight excluding hydrogens is 132 g/mol. The monoisotopic (exact) mass is 148 g/mol. The van der Waals surface area contributed by atoms with E-state index in [1.807, 2.05) is 0 Å². The highest BCUT2D eigenvalue weighted by Gasteiger charge is 2.13. The van der Waals surface area contributed by atoms with Crippen LogP contribution in [-0.4, -0.2) is 35.5 Å². The van der Waals surface area contributed by atoms with Gasteiger partial charge in [0, 0.05) is 0 Å². The maximum atomic E-state index is 9.06. The molecule has 0 spiro atoms. The van der Waals surface area contributed by atoms with E-state index in [1.165, 1.54) is 0 Å². The van der Waals surface area contributed by atoms with Crippen LogP contribution in [0.1, 0.15) is 12.8 Å². The third-order valence-electron chi connectivity index (χ3n) is 1.37.